The summed E-state index contributed by atoms with van der Waals surface area (Å²) in [7, 11) is -4.00. The van der Waals surface area contributed by atoms with Gasteiger partial charge in [-0.05, 0) is 64.0 Å². The van der Waals surface area contributed by atoms with Crippen molar-refractivity contribution in [3.63, 3.8) is 0 Å². The van der Waals surface area contributed by atoms with Gasteiger partial charge in [-0.1, -0.05) is 31.9 Å². The smallest absolute Gasteiger partial charge is 0.405 e. The highest BCUT2D eigenvalue weighted by atomic mass is 32.2. The molecule has 16 heteroatoms. The van der Waals surface area contributed by atoms with Crippen molar-refractivity contribution in [3.8, 4) is 5.88 Å². The van der Waals surface area contributed by atoms with E-state index in [1.807, 2.05) is 19.1 Å². The number of amides is 4. The first-order chi connectivity index (χ1) is 23.2. The van der Waals surface area contributed by atoms with Gasteiger partial charge in [0.2, 0.25) is 27.7 Å². The van der Waals surface area contributed by atoms with Gasteiger partial charge in [-0.25, -0.2) is 27.6 Å². The van der Waals surface area contributed by atoms with Crippen LogP contribution >= 0.6 is 0 Å². The zero-order valence-electron chi connectivity index (χ0n) is 27.4. The Labute approximate surface area is 283 Å². The van der Waals surface area contributed by atoms with E-state index in [4.69, 9.17) is 4.74 Å². The number of fused-ring (bicyclic) bond motifs is 3. The molecule has 0 bridgehead atoms. The third-order valence-electron chi connectivity index (χ3n) is 10.0. The average molecular weight is 701 g/mol. The van der Waals surface area contributed by atoms with Crippen molar-refractivity contribution in [1.29, 1.82) is 0 Å². The van der Waals surface area contributed by atoms with Gasteiger partial charge in [-0.15, -0.1) is 0 Å². The fourth-order valence-corrected chi connectivity index (χ4v) is 7.94. The first kappa shape index (κ1) is 34.5. The van der Waals surface area contributed by atoms with E-state index >= 15 is 0 Å². The van der Waals surface area contributed by atoms with Crippen molar-refractivity contribution in [2.24, 2.45) is 5.92 Å². The van der Waals surface area contributed by atoms with Crippen LogP contribution in [0, 0.1) is 11.7 Å². The van der Waals surface area contributed by atoms with Crippen LogP contribution in [0.3, 0.4) is 0 Å². The third kappa shape index (κ3) is 7.05. The van der Waals surface area contributed by atoms with Crippen LogP contribution in [0.5, 0.6) is 5.88 Å². The number of ether oxygens (including phenoxy) is 1. The maximum absolute atomic E-state index is 14.1. The molecule has 14 nitrogen and oxygen atoms in total. The van der Waals surface area contributed by atoms with Crippen LogP contribution in [0.25, 0.3) is 11.0 Å². The van der Waals surface area contributed by atoms with Crippen LogP contribution in [0.1, 0.15) is 77.3 Å². The normalized spacial score (nSPS) is 29.0. The first-order valence-corrected chi connectivity index (χ1v) is 18.2. The van der Waals surface area contributed by atoms with Gasteiger partial charge in [0.25, 0.3) is 5.91 Å². The van der Waals surface area contributed by atoms with Crippen LogP contribution in [0.4, 0.5) is 9.18 Å². The molecule has 0 unspecified atom stereocenters. The minimum Gasteiger partial charge on any atom is -0.471 e. The Kier molecular flexibility index (Phi) is 9.28. The molecule has 4 amide bonds. The fraction of sp³-hybridized carbons (Fsp3) is 0.576. The highest BCUT2D eigenvalue weighted by Gasteiger charge is 2.63. The lowest BCUT2D eigenvalue weighted by molar-refractivity contribution is -0.141. The van der Waals surface area contributed by atoms with E-state index in [0.29, 0.717) is 49.7 Å². The summed E-state index contributed by atoms with van der Waals surface area (Å²) in [4.78, 5) is 63.8. The van der Waals surface area contributed by atoms with Crippen LogP contribution in [-0.4, -0.2) is 87.2 Å². The summed E-state index contributed by atoms with van der Waals surface area (Å²) in [6.45, 7) is 3.29. The van der Waals surface area contributed by atoms with Gasteiger partial charge in [-0.2, -0.15) is 0 Å². The lowest BCUT2D eigenvalue weighted by Gasteiger charge is -2.29. The van der Waals surface area contributed by atoms with Crippen molar-refractivity contribution < 1.29 is 41.8 Å². The molecule has 264 valence electrons. The molecule has 49 heavy (non-hydrogen) atoms. The molecule has 3 fully saturated rings. The zero-order valence-corrected chi connectivity index (χ0v) is 28.2. The van der Waals surface area contributed by atoms with E-state index in [1.165, 1.54) is 23.1 Å². The molecule has 1 aromatic carbocycles. The molecule has 4 aliphatic rings. The number of sulfonamides is 1. The Bertz CT molecular complexity index is 1820. The topological polar surface area (TPSA) is 197 Å². The summed E-state index contributed by atoms with van der Waals surface area (Å²) in [5.41, 5.74) is -0.341. The molecule has 2 aliphatic carbocycles. The van der Waals surface area contributed by atoms with Crippen LogP contribution in [0.15, 0.2) is 30.4 Å². The molecular weight excluding hydrogens is 659 g/mol. The Morgan fingerprint density at radius 2 is 1.94 bits per heavy atom. The highest BCUT2D eigenvalue weighted by Crippen LogP contribution is 2.47. The van der Waals surface area contributed by atoms with Crippen molar-refractivity contribution in [2.75, 3.05) is 6.54 Å². The van der Waals surface area contributed by atoms with Gasteiger partial charge >= 0.3 is 6.09 Å². The van der Waals surface area contributed by atoms with E-state index in [9.17, 15) is 37.1 Å². The maximum atomic E-state index is 14.1. The summed E-state index contributed by atoms with van der Waals surface area (Å²) in [6.07, 6.45) is 5.76. The lowest BCUT2D eigenvalue weighted by Crippen LogP contribution is -2.58. The number of rotatable bonds is 7. The number of aryl methyl sites for hydroxylation is 1. The molecule has 2 saturated carbocycles. The molecule has 2 aromatic rings. The SMILES string of the molecule is CCc1nc2ccc(F)cc2nc1O[C@@H]1C[C@H]2C(=O)N[C@]3(C(=O)NS(=O)(=O)C4(C)CC4)C[C@H]3/C=C\CCCCC[C@H](NC(=O)O)C(=O)N2C1. The number of benzene rings is 1. The Morgan fingerprint density at radius 1 is 1.16 bits per heavy atom. The number of hydrogen-bond acceptors (Lipinski definition) is 9. The van der Waals surface area contributed by atoms with Gasteiger partial charge in [-0.3, -0.25) is 19.1 Å². The number of nitrogens with one attached hydrogen (secondary N) is 3. The zero-order chi connectivity index (χ0) is 35.1. The minimum atomic E-state index is -4.00. The summed E-state index contributed by atoms with van der Waals surface area (Å²) >= 11 is 0. The number of allylic oxidation sites excluding steroid dienone is 1. The monoisotopic (exact) mass is 700 g/mol. The molecule has 0 spiro atoms. The van der Waals surface area contributed by atoms with Gasteiger partial charge < -0.3 is 25.4 Å². The summed E-state index contributed by atoms with van der Waals surface area (Å²) < 4.78 is 47.4. The van der Waals surface area contributed by atoms with Gasteiger partial charge in [0.15, 0.2) is 0 Å². The summed E-state index contributed by atoms with van der Waals surface area (Å²) in [6, 6.07) is 1.68. The van der Waals surface area contributed by atoms with Crippen molar-refractivity contribution in [3.05, 3.63) is 41.9 Å². The van der Waals surface area contributed by atoms with Crippen molar-refractivity contribution in [1.82, 2.24) is 30.2 Å². The molecule has 0 radical (unpaired) electrons. The Morgan fingerprint density at radius 3 is 2.65 bits per heavy atom. The number of hydrogen-bond donors (Lipinski definition) is 4. The molecule has 6 rings (SSSR count). The van der Waals surface area contributed by atoms with Crippen LogP contribution in [-0.2, 0) is 30.8 Å². The predicted octanol–water partition coefficient (Wildman–Crippen LogP) is 2.71. The first-order valence-electron chi connectivity index (χ1n) is 16.7. The fourth-order valence-electron chi connectivity index (χ4n) is 6.63. The lowest BCUT2D eigenvalue weighted by atomic mass is 10.1. The second-order valence-electron chi connectivity index (χ2n) is 13.7. The average Bonchev–Trinajstić information content (AvgIpc) is 3.92. The molecule has 3 heterocycles. The Hall–Kier alpha value is -4.34. The van der Waals surface area contributed by atoms with Crippen molar-refractivity contribution >= 4 is 44.9 Å². The van der Waals surface area contributed by atoms with Crippen molar-refractivity contribution in [2.45, 2.75) is 107 Å². The minimum absolute atomic E-state index is 0.0437. The van der Waals surface area contributed by atoms with Gasteiger partial charge in [0.1, 0.15) is 35.2 Å². The molecule has 1 saturated heterocycles. The third-order valence-corrected chi connectivity index (χ3v) is 12.2. The summed E-state index contributed by atoms with van der Waals surface area (Å²) in [5, 5.41) is 14.6. The predicted molar refractivity (Wildman–Crippen MR) is 174 cm³/mol. The van der Waals surface area contributed by atoms with E-state index in [1.54, 1.807) is 6.92 Å². The van der Waals surface area contributed by atoms with Gasteiger partial charge in [0.05, 0.1) is 22.3 Å². The Balaban J connectivity index is 1.31. The molecule has 4 N–H and O–H groups in total. The maximum Gasteiger partial charge on any atom is 0.405 e. The number of carbonyl (C=O) groups excluding carboxylic acids is 3. The van der Waals surface area contributed by atoms with E-state index in [0.717, 1.165) is 6.42 Å². The van der Waals surface area contributed by atoms with E-state index in [-0.39, 0.29) is 37.2 Å². The number of carboxylic acid groups (broad SMARTS) is 1. The number of halogens is 1. The molecule has 5 atom stereocenters. The van der Waals surface area contributed by atoms with Crippen LogP contribution in [0.2, 0.25) is 0 Å². The van der Waals surface area contributed by atoms with E-state index < -0.39 is 74.0 Å². The van der Waals surface area contributed by atoms with Gasteiger partial charge in [0, 0.05) is 18.4 Å². The number of aromatic nitrogens is 2. The number of nitrogens with zero attached hydrogens (tertiary/aromatic N) is 3. The number of carbonyl (C=O) groups is 4. The standard InChI is InChI=1S/C33H41FN6O8S/c1-3-22-28(36-25-15-20(34)11-12-23(25)35-22)48-21-16-26-27(41)38-33(30(43)39-49(46,47)32(2)13-14-32)17-19(33)9-7-5-4-6-8-10-24(37-31(44)45)29(42)40(26)18-21/h7,9,11-12,15,19,21,24,26,37H,3-6,8,10,13-14,16-18H2,1-2H3,(H,38,41)(H,39,43)(H,44,45)/b9-7-/t19-,21-,24+,26+,33-/m1/s1. The van der Waals surface area contributed by atoms with Crippen LogP contribution < -0.4 is 20.1 Å². The second-order valence-corrected chi connectivity index (χ2v) is 15.9. The molecular formula is C33H41FN6O8S. The summed E-state index contributed by atoms with van der Waals surface area (Å²) in [5.74, 6) is -3.03. The quantitative estimate of drug-likeness (QED) is 0.312. The largest absolute Gasteiger partial charge is 0.471 e. The highest BCUT2D eigenvalue weighted by molar-refractivity contribution is 7.91. The second kappa shape index (κ2) is 13.2. The van der Waals surface area contributed by atoms with E-state index in [2.05, 4.69) is 25.3 Å². The molecule has 2 aliphatic heterocycles. The molecule has 1 aromatic heterocycles.